The second-order valence-electron chi connectivity index (χ2n) is 6.08. The molecule has 24 heavy (non-hydrogen) atoms. The second kappa shape index (κ2) is 9.79. The Morgan fingerprint density at radius 1 is 1.04 bits per heavy atom. The van der Waals surface area contributed by atoms with Gasteiger partial charge in [-0.1, -0.05) is 12.1 Å². The van der Waals surface area contributed by atoms with Gasteiger partial charge in [0.15, 0.2) is 0 Å². The molecule has 0 radical (unpaired) electrons. The molecule has 0 aliphatic rings. The molecule has 132 valence electrons. The summed E-state index contributed by atoms with van der Waals surface area (Å²) in [6.07, 6.45) is 2.92. The van der Waals surface area contributed by atoms with Gasteiger partial charge in [0, 0.05) is 38.3 Å². The predicted octanol–water partition coefficient (Wildman–Crippen LogP) is 1.56. The number of benzene rings is 1. The molecule has 0 heterocycles. The Hall–Kier alpha value is -2.25. The summed E-state index contributed by atoms with van der Waals surface area (Å²) in [5.41, 5.74) is 0.422. The molecule has 7 nitrogen and oxygen atoms in total. The summed E-state index contributed by atoms with van der Waals surface area (Å²) in [6, 6.07) is 6.39. The minimum atomic E-state index is -0.444. The lowest BCUT2D eigenvalue weighted by molar-refractivity contribution is -0.385. The van der Waals surface area contributed by atoms with Crippen LogP contribution >= 0.6 is 0 Å². The SMILES string of the molecule is CN(C)CCN(CCN(C)C)C(=O)/C=C/c1ccccc1[N+](=O)[O-]. The van der Waals surface area contributed by atoms with Crippen molar-refractivity contribution in [2.24, 2.45) is 0 Å². The second-order valence-corrected chi connectivity index (χ2v) is 6.08. The standard InChI is InChI=1S/C17H26N4O3/c1-18(2)11-13-20(14-12-19(3)4)17(22)10-9-15-7-5-6-8-16(15)21(23)24/h5-10H,11-14H2,1-4H3/b10-9+. The number of rotatable bonds is 9. The third kappa shape index (κ3) is 6.89. The zero-order chi connectivity index (χ0) is 18.1. The summed E-state index contributed by atoms with van der Waals surface area (Å²) in [5.74, 6) is -0.142. The van der Waals surface area contributed by atoms with Crippen molar-refractivity contribution in [1.82, 2.24) is 14.7 Å². The zero-order valence-electron chi connectivity index (χ0n) is 14.8. The minimum absolute atomic E-state index is 0.00492. The highest BCUT2D eigenvalue weighted by atomic mass is 16.6. The van der Waals surface area contributed by atoms with Gasteiger partial charge in [-0.15, -0.1) is 0 Å². The first-order valence-corrected chi connectivity index (χ1v) is 7.81. The number of hydrogen-bond acceptors (Lipinski definition) is 5. The number of amides is 1. The molecule has 0 aliphatic heterocycles. The van der Waals surface area contributed by atoms with Gasteiger partial charge in [-0.05, 0) is 40.3 Å². The predicted molar refractivity (Wildman–Crippen MR) is 95.8 cm³/mol. The maximum atomic E-state index is 12.5. The summed E-state index contributed by atoms with van der Waals surface area (Å²) in [5, 5.41) is 11.0. The number of para-hydroxylation sites is 1. The highest BCUT2D eigenvalue weighted by Crippen LogP contribution is 2.19. The summed E-state index contributed by atoms with van der Waals surface area (Å²) >= 11 is 0. The van der Waals surface area contributed by atoms with E-state index >= 15 is 0 Å². The Morgan fingerprint density at radius 3 is 2.08 bits per heavy atom. The van der Waals surface area contributed by atoms with E-state index in [0.717, 1.165) is 13.1 Å². The zero-order valence-corrected chi connectivity index (χ0v) is 14.8. The van der Waals surface area contributed by atoms with Crippen LogP contribution in [0.3, 0.4) is 0 Å². The van der Waals surface area contributed by atoms with Crippen LogP contribution < -0.4 is 0 Å². The molecule has 0 bridgehead atoms. The monoisotopic (exact) mass is 334 g/mol. The molecule has 0 aromatic heterocycles. The van der Waals surface area contributed by atoms with Crippen molar-refractivity contribution in [3.05, 3.63) is 46.0 Å². The van der Waals surface area contributed by atoms with Crippen LogP contribution in [0.1, 0.15) is 5.56 Å². The van der Waals surface area contributed by atoms with Crippen molar-refractivity contribution < 1.29 is 9.72 Å². The lowest BCUT2D eigenvalue weighted by Gasteiger charge is -2.24. The fourth-order valence-corrected chi connectivity index (χ4v) is 2.03. The number of carbonyl (C=O) groups excluding carboxylic acids is 1. The number of nitrogens with zero attached hydrogens (tertiary/aromatic N) is 4. The molecule has 0 aliphatic carbocycles. The molecule has 7 heteroatoms. The molecule has 0 spiro atoms. The van der Waals surface area contributed by atoms with E-state index < -0.39 is 4.92 Å². The lowest BCUT2D eigenvalue weighted by atomic mass is 10.1. The molecule has 0 atom stereocenters. The molecule has 1 aromatic rings. The fraction of sp³-hybridized carbons (Fsp3) is 0.471. The van der Waals surface area contributed by atoms with Crippen LogP contribution in [0.4, 0.5) is 5.69 Å². The Bertz CT molecular complexity index is 573. The number of carbonyl (C=O) groups is 1. The Kier molecular flexibility index (Phi) is 8.08. The van der Waals surface area contributed by atoms with Crippen LogP contribution in [0.25, 0.3) is 6.08 Å². The van der Waals surface area contributed by atoms with Crippen LogP contribution in [-0.4, -0.2) is 79.9 Å². The van der Waals surface area contributed by atoms with Crippen LogP contribution in [0.15, 0.2) is 30.3 Å². The van der Waals surface area contributed by atoms with Crippen LogP contribution in [-0.2, 0) is 4.79 Å². The molecular weight excluding hydrogens is 308 g/mol. The lowest BCUT2D eigenvalue weighted by Crippen LogP contribution is -2.39. The first kappa shape index (κ1) is 19.8. The van der Waals surface area contributed by atoms with E-state index in [1.165, 1.54) is 18.2 Å². The molecule has 0 N–H and O–H groups in total. The minimum Gasteiger partial charge on any atom is -0.337 e. The van der Waals surface area contributed by atoms with Gasteiger partial charge in [-0.25, -0.2) is 0 Å². The van der Waals surface area contributed by atoms with E-state index in [1.807, 2.05) is 38.0 Å². The van der Waals surface area contributed by atoms with Crippen molar-refractivity contribution in [1.29, 1.82) is 0 Å². The topological polar surface area (TPSA) is 69.9 Å². The highest BCUT2D eigenvalue weighted by Gasteiger charge is 2.13. The van der Waals surface area contributed by atoms with Gasteiger partial charge in [0.1, 0.15) is 0 Å². The van der Waals surface area contributed by atoms with Gasteiger partial charge in [0.05, 0.1) is 10.5 Å². The molecule has 0 saturated heterocycles. The summed E-state index contributed by atoms with van der Waals surface area (Å²) in [4.78, 5) is 28.8. The summed E-state index contributed by atoms with van der Waals surface area (Å²) in [7, 11) is 7.82. The van der Waals surface area contributed by atoms with Crippen molar-refractivity contribution in [2.45, 2.75) is 0 Å². The fourth-order valence-electron chi connectivity index (χ4n) is 2.03. The Balaban J connectivity index is 2.84. The quantitative estimate of drug-likeness (QED) is 0.389. The molecule has 1 amide bonds. The van der Waals surface area contributed by atoms with E-state index in [0.29, 0.717) is 18.7 Å². The van der Waals surface area contributed by atoms with Gasteiger partial charge >= 0.3 is 0 Å². The van der Waals surface area contributed by atoms with Crippen molar-refractivity contribution in [3.8, 4) is 0 Å². The van der Waals surface area contributed by atoms with E-state index in [2.05, 4.69) is 0 Å². The third-order valence-corrected chi connectivity index (χ3v) is 3.48. The van der Waals surface area contributed by atoms with E-state index in [4.69, 9.17) is 0 Å². The van der Waals surface area contributed by atoms with Gasteiger partial charge in [0.2, 0.25) is 5.91 Å². The van der Waals surface area contributed by atoms with Gasteiger partial charge < -0.3 is 14.7 Å². The van der Waals surface area contributed by atoms with E-state index in [9.17, 15) is 14.9 Å². The molecule has 1 rings (SSSR count). The van der Waals surface area contributed by atoms with E-state index in [-0.39, 0.29) is 11.6 Å². The average molecular weight is 334 g/mol. The van der Waals surface area contributed by atoms with Gasteiger partial charge in [-0.3, -0.25) is 14.9 Å². The number of hydrogen-bond donors (Lipinski definition) is 0. The first-order chi connectivity index (χ1) is 11.3. The van der Waals surface area contributed by atoms with Crippen molar-refractivity contribution in [2.75, 3.05) is 54.4 Å². The first-order valence-electron chi connectivity index (χ1n) is 7.81. The molecule has 0 fully saturated rings. The van der Waals surface area contributed by atoms with Crippen LogP contribution in [0, 0.1) is 10.1 Å². The van der Waals surface area contributed by atoms with Crippen LogP contribution in [0.2, 0.25) is 0 Å². The van der Waals surface area contributed by atoms with Crippen LogP contribution in [0.5, 0.6) is 0 Å². The Labute approximate surface area is 143 Å². The number of nitro groups is 1. The van der Waals surface area contributed by atoms with E-state index in [1.54, 1.807) is 23.1 Å². The summed E-state index contributed by atoms with van der Waals surface area (Å²) in [6.45, 7) is 2.75. The molecule has 0 unspecified atom stereocenters. The molecular formula is C17H26N4O3. The smallest absolute Gasteiger partial charge is 0.276 e. The summed E-state index contributed by atoms with van der Waals surface area (Å²) < 4.78 is 0. The highest BCUT2D eigenvalue weighted by molar-refractivity contribution is 5.92. The van der Waals surface area contributed by atoms with Crippen molar-refractivity contribution >= 4 is 17.7 Å². The van der Waals surface area contributed by atoms with Gasteiger partial charge in [-0.2, -0.15) is 0 Å². The van der Waals surface area contributed by atoms with Crippen molar-refractivity contribution in [3.63, 3.8) is 0 Å². The number of likely N-dealkylation sites (N-methyl/N-ethyl adjacent to an activating group) is 2. The molecule has 1 aromatic carbocycles. The Morgan fingerprint density at radius 2 is 1.58 bits per heavy atom. The average Bonchev–Trinajstić information content (AvgIpc) is 2.52. The van der Waals surface area contributed by atoms with Gasteiger partial charge in [0.25, 0.3) is 5.69 Å². The largest absolute Gasteiger partial charge is 0.337 e. The maximum absolute atomic E-state index is 12.5. The maximum Gasteiger partial charge on any atom is 0.276 e. The number of nitro benzene ring substituents is 1. The third-order valence-electron chi connectivity index (χ3n) is 3.48. The normalized spacial score (nSPS) is 11.4. The molecule has 0 saturated carbocycles.